The molecule has 0 radical (unpaired) electrons. The van der Waals surface area contributed by atoms with E-state index in [9.17, 15) is 8.42 Å². The number of nitrogens with one attached hydrogen (secondary N) is 1. The molecular weight excluding hydrogens is 390 g/mol. The van der Waals surface area contributed by atoms with Crippen molar-refractivity contribution in [2.45, 2.75) is 18.4 Å². The van der Waals surface area contributed by atoms with Crippen LogP contribution in [0.2, 0.25) is 0 Å². The normalized spacial score (nSPS) is 11.7. The maximum atomic E-state index is 12.7. The highest BCUT2D eigenvalue weighted by molar-refractivity contribution is 7.89. The van der Waals surface area contributed by atoms with Gasteiger partial charge in [-0.05, 0) is 47.5 Å². The summed E-state index contributed by atoms with van der Waals surface area (Å²) in [6.07, 6.45) is 0. The maximum absolute atomic E-state index is 12.7. The van der Waals surface area contributed by atoms with Gasteiger partial charge in [0.25, 0.3) is 0 Å². The van der Waals surface area contributed by atoms with Gasteiger partial charge < -0.3 is 9.26 Å². The monoisotopic (exact) mass is 409 g/mol. The van der Waals surface area contributed by atoms with E-state index in [2.05, 4.69) is 14.9 Å². The number of fused-ring (bicyclic) bond motifs is 1. The molecule has 0 saturated heterocycles. The fourth-order valence-electron chi connectivity index (χ4n) is 3.00. The van der Waals surface area contributed by atoms with Crippen molar-refractivity contribution in [3.8, 4) is 17.1 Å². The lowest BCUT2D eigenvalue weighted by molar-refractivity contribution is 0.376. The van der Waals surface area contributed by atoms with Crippen molar-refractivity contribution in [1.82, 2.24) is 14.9 Å². The second kappa shape index (κ2) is 7.65. The maximum Gasteiger partial charge on any atom is 0.242 e. The Morgan fingerprint density at radius 3 is 2.59 bits per heavy atom. The molecule has 3 aromatic carbocycles. The zero-order chi connectivity index (χ0) is 20.4. The van der Waals surface area contributed by atoms with Crippen molar-refractivity contribution in [2.75, 3.05) is 7.11 Å². The van der Waals surface area contributed by atoms with Crippen molar-refractivity contribution in [3.63, 3.8) is 0 Å². The van der Waals surface area contributed by atoms with Gasteiger partial charge in [-0.15, -0.1) is 0 Å². The molecule has 0 atom stereocenters. The van der Waals surface area contributed by atoms with Crippen LogP contribution in [0, 0.1) is 6.92 Å². The first-order chi connectivity index (χ1) is 14.0. The summed E-state index contributed by atoms with van der Waals surface area (Å²) in [5, 5.41) is 5.64. The van der Waals surface area contributed by atoms with Gasteiger partial charge >= 0.3 is 0 Å². The highest BCUT2D eigenvalue weighted by atomic mass is 32.2. The van der Waals surface area contributed by atoms with Crippen LogP contribution in [0.1, 0.15) is 11.5 Å². The number of rotatable bonds is 6. The Morgan fingerprint density at radius 2 is 1.79 bits per heavy atom. The van der Waals surface area contributed by atoms with Crippen LogP contribution in [0.5, 0.6) is 5.75 Å². The van der Waals surface area contributed by atoms with Crippen molar-refractivity contribution < 1.29 is 17.7 Å². The van der Waals surface area contributed by atoms with Gasteiger partial charge in [0.1, 0.15) is 5.75 Å². The van der Waals surface area contributed by atoms with Gasteiger partial charge in [0.05, 0.1) is 18.6 Å². The molecule has 4 aromatic rings. The molecule has 8 heteroatoms. The second-order valence-electron chi connectivity index (χ2n) is 6.53. The van der Waals surface area contributed by atoms with Crippen molar-refractivity contribution >= 4 is 20.8 Å². The Labute approximate surface area is 168 Å². The summed E-state index contributed by atoms with van der Waals surface area (Å²) in [6, 6.07) is 18.0. The van der Waals surface area contributed by atoms with E-state index in [-0.39, 0.29) is 17.3 Å². The molecule has 4 rings (SSSR count). The van der Waals surface area contributed by atoms with Gasteiger partial charge in [0.15, 0.2) is 0 Å². The molecular formula is C21H19N3O4S. The summed E-state index contributed by atoms with van der Waals surface area (Å²) < 4.78 is 38.3. The summed E-state index contributed by atoms with van der Waals surface area (Å²) >= 11 is 0. The van der Waals surface area contributed by atoms with Crippen LogP contribution in [-0.4, -0.2) is 25.7 Å². The number of ether oxygens (including phenoxy) is 1. The molecule has 7 nitrogen and oxygen atoms in total. The number of hydrogen-bond donors (Lipinski definition) is 1. The first-order valence-electron chi connectivity index (χ1n) is 8.92. The number of hydrogen-bond acceptors (Lipinski definition) is 6. The topological polar surface area (TPSA) is 94.3 Å². The molecule has 0 spiro atoms. The molecule has 1 N–H and O–H groups in total. The van der Waals surface area contributed by atoms with Gasteiger partial charge in [-0.1, -0.05) is 41.6 Å². The van der Waals surface area contributed by atoms with Crippen molar-refractivity contribution in [2.24, 2.45) is 0 Å². The summed E-state index contributed by atoms with van der Waals surface area (Å²) in [4.78, 5) is 4.45. The Morgan fingerprint density at radius 1 is 1.03 bits per heavy atom. The van der Waals surface area contributed by atoms with Crippen LogP contribution in [0.25, 0.3) is 22.2 Å². The third-order valence-electron chi connectivity index (χ3n) is 4.60. The summed E-state index contributed by atoms with van der Waals surface area (Å²) in [6.45, 7) is 1.85. The van der Waals surface area contributed by atoms with Gasteiger partial charge in [-0.2, -0.15) is 4.98 Å². The third kappa shape index (κ3) is 3.98. The van der Waals surface area contributed by atoms with Gasteiger partial charge in [-0.3, -0.25) is 0 Å². The van der Waals surface area contributed by atoms with Crippen LogP contribution >= 0.6 is 0 Å². The Balaban J connectivity index is 1.52. The van der Waals surface area contributed by atoms with Gasteiger partial charge in [-0.25, -0.2) is 13.1 Å². The average Bonchev–Trinajstić information content (AvgIpc) is 3.21. The Hall–Kier alpha value is -3.23. The van der Waals surface area contributed by atoms with Gasteiger partial charge in [0.2, 0.25) is 21.7 Å². The van der Waals surface area contributed by atoms with Crippen LogP contribution in [0.15, 0.2) is 70.1 Å². The number of benzene rings is 3. The minimum Gasteiger partial charge on any atom is -0.497 e. The van der Waals surface area contributed by atoms with Crippen LogP contribution in [0.4, 0.5) is 0 Å². The van der Waals surface area contributed by atoms with E-state index >= 15 is 0 Å². The molecule has 1 aromatic heterocycles. The molecule has 0 unspecified atom stereocenters. The smallest absolute Gasteiger partial charge is 0.242 e. The minimum absolute atomic E-state index is 0.0954. The SMILES string of the molecule is COc1ccc2cc(S(=O)(=O)NCc3nc(-c4ccccc4C)no3)ccc2c1. The third-order valence-corrected chi connectivity index (χ3v) is 6.00. The average molecular weight is 409 g/mol. The Bertz CT molecular complexity index is 1280. The summed E-state index contributed by atoms with van der Waals surface area (Å²) in [5.74, 6) is 1.33. The highest BCUT2D eigenvalue weighted by Crippen LogP contribution is 2.24. The largest absolute Gasteiger partial charge is 0.497 e. The van der Waals surface area contributed by atoms with E-state index in [0.717, 1.165) is 21.9 Å². The lowest BCUT2D eigenvalue weighted by atomic mass is 10.1. The standard InChI is InChI=1S/C21H19N3O4S/c1-14-5-3-4-6-19(14)21-23-20(28-24-21)13-22-29(25,26)18-10-8-15-11-17(27-2)9-7-16(15)12-18/h3-12,22H,13H2,1-2H3. The second-order valence-corrected chi connectivity index (χ2v) is 8.29. The molecule has 0 aliphatic rings. The summed E-state index contributed by atoms with van der Waals surface area (Å²) in [7, 11) is -2.15. The van der Waals surface area contributed by atoms with E-state index in [4.69, 9.17) is 9.26 Å². The van der Waals surface area contributed by atoms with E-state index < -0.39 is 10.0 Å². The van der Waals surface area contributed by atoms with Crippen LogP contribution < -0.4 is 9.46 Å². The van der Waals surface area contributed by atoms with Crippen LogP contribution in [0.3, 0.4) is 0 Å². The fraction of sp³-hybridized carbons (Fsp3) is 0.143. The van der Waals surface area contributed by atoms with Gasteiger partial charge in [0, 0.05) is 5.56 Å². The van der Waals surface area contributed by atoms with Crippen LogP contribution in [-0.2, 0) is 16.6 Å². The number of methoxy groups -OCH3 is 1. The number of sulfonamides is 1. The predicted molar refractivity (Wildman–Crippen MR) is 109 cm³/mol. The molecule has 0 bridgehead atoms. The fourth-order valence-corrected chi connectivity index (χ4v) is 4.01. The van der Waals surface area contributed by atoms with E-state index in [0.29, 0.717) is 11.6 Å². The van der Waals surface area contributed by atoms with E-state index in [1.165, 1.54) is 0 Å². The molecule has 0 aliphatic carbocycles. The van der Waals surface area contributed by atoms with E-state index in [1.807, 2.05) is 43.3 Å². The lowest BCUT2D eigenvalue weighted by Gasteiger charge is -2.07. The zero-order valence-corrected chi connectivity index (χ0v) is 16.7. The molecule has 0 saturated carbocycles. The highest BCUT2D eigenvalue weighted by Gasteiger charge is 2.17. The predicted octanol–water partition coefficient (Wildman–Crippen LogP) is 3.69. The molecule has 0 aliphatic heterocycles. The van der Waals surface area contributed by atoms with Crippen molar-refractivity contribution in [1.29, 1.82) is 0 Å². The first-order valence-corrected chi connectivity index (χ1v) is 10.4. The molecule has 0 fully saturated rings. The van der Waals surface area contributed by atoms with E-state index in [1.54, 1.807) is 31.4 Å². The number of nitrogens with zero attached hydrogens (tertiary/aromatic N) is 2. The Kier molecular flexibility index (Phi) is 5.04. The first kappa shape index (κ1) is 19.1. The quantitative estimate of drug-likeness (QED) is 0.522. The zero-order valence-electron chi connectivity index (χ0n) is 15.9. The minimum atomic E-state index is -3.74. The number of aromatic nitrogens is 2. The molecule has 29 heavy (non-hydrogen) atoms. The molecule has 1 heterocycles. The van der Waals surface area contributed by atoms with Crippen molar-refractivity contribution in [3.05, 3.63) is 72.1 Å². The molecule has 148 valence electrons. The lowest BCUT2D eigenvalue weighted by Crippen LogP contribution is -2.23. The summed E-state index contributed by atoms with van der Waals surface area (Å²) in [5.41, 5.74) is 1.85. The molecule has 0 amide bonds. The number of aryl methyl sites for hydroxylation is 1.